The van der Waals surface area contributed by atoms with Crippen molar-refractivity contribution in [3.05, 3.63) is 70.3 Å². The Morgan fingerprint density at radius 3 is 2.16 bits per heavy atom. The Morgan fingerprint density at radius 2 is 1.55 bits per heavy atom. The maximum Gasteiger partial charge on any atom is 0.236 e. The molecule has 2 aromatic carbocycles. The van der Waals surface area contributed by atoms with Crippen LogP contribution in [0.5, 0.6) is 0 Å². The summed E-state index contributed by atoms with van der Waals surface area (Å²) in [7, 11) is 0. The van der Waals surface area contributed by atoms with Crippen LogP contribution >= 0.6 is 0 Å². The lowest BCUT2D eigenvalue weighted by Gasteiger charge is -2.35. The quantitative estimate of drug-likeness (QED) is 0.312. The lowest BCUT2D eigenvalue weighted by molar-refractivity contribution is -0.145. The first-order valence-electron chi connectivity index (χ1n) is 14.7. The van der Waals surface area contributed by atoms with Crippen LogP contribution in [0, 0.1) is 18.3 Å². The van der Waals surface area contributed by atoms with E-state index in [2.05, 4.69) is 65.0 Å². The van der Waals surface area contributed by atoms with Gasteiger partial charge >= 0.3 is 0 Å². The first-order chi connectivity index (χ1) is 18.2. The van der Waals surface area contributed by atoms with E-state index in [0.29, 0.717) is 24.7 Å². The Balaban J connectivity index is 1.46. The number of nitrogens with zero attached hydrogens (tertiary/aromatic N) is 1. The molecule has 2 amide bonds. The molecule has 204 valence electrons. The number of carbonyl (C=O) groups excluding carboxylic acids is 3. The molecule has 1 unspecified atom stereocenters. The summed E-state index contributed by atoms with van der Waals surface area (Å²) in [5.41, 5.74) is 5.70. The minimum Gasteiger partial charge on any atom is -0.298 e. The van der Waals surface area contributed by atoms with Crippen LogP contribution in [0.25, 0.3) is 0 Å². The van der Waals surface area contributed by atoms with E-state index >= 15 is 0 Å². The summed E-state index contributed by atoms with van der Waals surface area (Å²) in [6, 6.07) is 14.7. The second kappa shape index (κ2) is 12.0. The molecule has 0 radical (unpaired) electrons. The number of hydrogen-bond donors (Lipinski definition) is 0. The van der Waals surface area contributed by atoms with Gasteiger partial charge in [-0.15, -0.1) is 0 Å². The van der Waals surface area contributed by atoms with Crippen molar-refractivity contribution in [3.8, 4) is 0 Å². The van der Waals surface area contributed by atoms with Gasteiger partial charge in [0.25, 0.3) is 0 Å². The number of benzene rings is 2. The van der Waals surface area contributed by atoms with Gasteiger partial charge in [-0.3, -0.25) is 19.3 Å². The molecule has 1 saturated heterocycles. The van der Waals surface area contributed by atoms with Gasteiger partial charge in [-0.05, 0) is 78.7 Å². The molecule has 1 saturated carbocycles. The summed E-state index contributed by atoms with van der Waals surface area (Å²) in [6.45, 7) is 10.8. The molecule has 1 heterocycles. The molecular formula is C34H45NO3. The molecule has 0 bridgehead atoms. The Bertz CT molecular complexity index is 1150. The monoisotopic (exact) mass is 515 g/mol. The second-order valence-corrected chi connectivity index (χ2v) is 12.2. The normalized spacial score (nSPS) is 19.2. The largest absolute Gasteiger partial charge is 0.298 e. The maximum atomic E-state index is 13.8. The van der Waals surface area contributed by atoms with Crippen LogP contribution in [0.3, 0.4) is 0 Å². The number of carbonyl (C=O) groups is 3. The third kappa shape index (κ3) is 5.65. The molecule has 38 heavy (non-hydrogen) atoms. The van der Waals surface area contributed by atoms with E-state index in [1.54, 1.807) is 0 Å². The number of ketones is 1. The summed E-state index contributed by atoms with van der Waals surface area (Å²) >= 11 is 0. The molecule has 4 rings (SSSR count). The highest BCUT2D eigenvalue weighted by atomic mass is 16.2. The molecule has 4 nitrogen and oxygen atoms in total. The summed E-state index contributed by atoms with van der Waals surface area (Å²) in [4.78, 5) is 42.0. The molecule has 1 spiro atoms. The lowest BCUT2D eigenvalue weighted by Crippen LogP contribution is -2.40. The van der Waals surface area contributed by atoms with Crippen LogP contribution in [-0.2, 0) is 27.2 Å². The van der Waals surface area contributed by atoms with Crippen molar-refractivity contribution < 1.29 is 14.4 Å². The minimum atomic E-state index is -0.639. The standard InChI is InChI=1S/C34H45NO3/c1-23(2)28-16-12-17-29(24(3)4)30(28)18-11-15-27(36)22-35-32(37)31(21-26-14-8-7-13-25(26)5)34(33(35)38)19-9-6-10-20-34/h7-8,12-14,16-17,23-24,31H,6,9-11,15,18-22H2,1-5H3. The highest BCUT2D eigenvalue weighted by molar-refractivity contribution is 6.09. The number of aryl methyl sites for hydroxylation is 1. The molecule has 1 atom stereocenters. The van der Waals surface area contributed by atoms with Crippen molar-refractivity contribution in [2.45, 2.75) is 104 Å². The molecule has 2 fully saturated rings. The van der Waals surface area contributed by atoms with Crippen LogP contribution in [0.15, 0.2) is 42.5 Å². The molecule has 2 aliphatic rings. The molecule has 0 N–H and O–H groups in total. The van der Waals surface area contributed by atoms with Crippen LogP contribution in [0.1, 0.15) is 112 Å². The van der Waals surface area contributed by atoms with Gasteiger partial charge in [0.15, 0.2) is 5.78 Å². The zero-order valence-electron chi connectivity index (χ0n) is 24.0. The third-order valence-electron chi connectivity index (χ3n) is 9.04. The highest BCUT2D eigenvalue weighted by Gasteiger charge is 2.58. The van der Waals surface area contributed by atoms with E-state index in [1.165, 1.54) is 21.6 Å². The third-order valence-corrected chi connectivity index (χ3v) is 9.04. The highest BCUT2D eigenvalue weighted by Crippen LogP contribution is 2.50. The Kier molecular flexibility index (Phi) is 8.90. The smallest absolute Gasteiger partial charge is 0.236 e. The Labute approximate surface area is 229 Å². The van der Waals surface area contributed by atoms with Gasteiger partial charge < -0.3 is 0 Å². The first kappa shape index (κ1) is 28.3. The maximum absolute atomic E-state index is 13.8. The number of hydrogen-bond acceptors (Lipinski definition) is 3. The number of imide groups is 1. The van der Waals surface area contributed by atoms with Crippen LogP contribution in [-0.4, -0.2) is 29.0 Å². The van der Waals surface area contributed by atoms with Gasteiger partial charge in [0, 0.05) is 6.42 Å². The van der Waals surface area contributed by atoms with Gasteiger partial charge in [-0.1, -0.05) is 89.4 Å². The van der Waals surface area contributed by atoms with E-state index in [1.807, 2.05) is 12.1 Å². The Morgan fingerprint density at radius 1 is 0.921 bits per heavy atom. The van der Waals surface area contributed by atoms with Gasteiger partial charge in [0.1, 0.15) is 0 Å². The fraction of sp³-hybridized carbons (Fsp3) is 0.559. The van der Waals surface area contributed by atoms with E-state index in [9.17, 15) is 14.4 Å². The zero-order valence-corrected chi connectivity index (χ0v) is 24.0. The average molecular weight is 516 g/mol. The average Bonchev–Trinajstić information content (AvgIpc) is 3.06. The van der Waals surface area contributed by atoms with E-state index < -0.39 is 5.41 Å². The summed E-state index contributed by atoms with van der Waals surface area (Å²) in [5, 5.41) is 0. The van der Waals surface area contributed by atoms with Gasteiger partial charge in [0.05, 0.1) is 17.9 Å². The fourth-order valence-corrected chi connectivity index (χ4v) is 6.89. The molecule has 4 heteroatoms. The van der Waals surface area contributed by atoms with Crippen molar-refractivity contribution >= 4 is 17.6 Å². The molecule has 1 aliphatic heterocycles. The minimum absolute atomic E-state index is 0.0117. The second-order valence-electron chi connectivity index (χ2n) is 12.2. The molecule has 2 aromatic rings. The number of amides is 2. The van der Waals surface area contributed by atoms with Crippen molar-refractivity contribution in [3.63, 3.8) is 0 Å². The van der Waals surface area contributed by atoms with Gasteiger partial charge in [-0.2, -0.15) is 0 Å². The molecule has 1 aliphatic carbocycles. The van der Waals surface area contributed by atoms with E-state index in [4.69, 9.17) is 0 Å². The van der Waals surface area contributed by atoms with E-state index in [-0.39, 0.29) is 30.1 Å². The summed E-state index contributed by atoms with van der Waals surface area (Å²) in [5.74, 6) is 0.243. The fourth-order valence-electron chi connectivity index (χ4n) is 6.89. The first-order valence-corrected chi connectivity index (χ1v) is 14.7. The van der Waals surface area contributed by atoms with Crippen molar-refractivity contribution in [1.82, 2.24) is 4.90 Å². The van der Waals surface area contributed by atoms with Crippen LogP contribution in [0.2, 0.25) is 0 Å². The SMILES string of the molecule is Cc1ccccc1CC1C(=O)N(CC(=O)CCCc2c(C(C)C)cccc2C(C)C)C(=O)C12CCCCC2. The summed E-state index contributed by atoms with van der Waals surface area (Å²) in [6.07, 6.45) is 7.09. The zero-order chi connectivity index (χ0) is 27.4. The van der Waals surface area contributed by atoms with Crippen molar-refractivity contribution in [1.29, 1.82) is 0 Å². The van der Waals surface area contributed by atoms with Crippen molar-refractivity contribution in [2.75, 3.05) is 6.54 Å². The van der Waals surface area contributed by atoms with Gasteiger partial charge in [-0.25, -0.2) is 0 Å². The van der Waals surface area contributed by atoms with Crippen molar-refractivity contribution in [2.24, 2.45) is 11.3 Å². The Hall–Kier alpha value is -2.75. The van der Waals surface area contributed by atoms with Gasteiger partial charge in [0.2, 0.25) is 11.8 Å². The van der Waals surface area contributed by atoms with Crippen LogP contribution < -0.4 is 0 Å². The van der Waals surface area contributed by atoms with E-state index in [0.717, 1.165) is 56.1 Å². The number of likely N-dealkylation sites (tertiary alicyclic amines) is 1. The predicted octanol–water partition coefficient (Wildman–Crippen LogP) is 7.31. The van der Waals surface area contributed by atoms with Crippen LogP contribution in [0.4, 0.5) is 0 Å². The number of rotatable bonds is 10. The molecule has 0 aromatic heterocycles. The molecular weight excluding hydrogens is 470 g/mol. The topological polar surface area (TPSA) is 54.5 Å². The predicted molar refractivity (Wildman–Crippen MR) is 153 cm³/mol. The number of Topliss-reactive ketones (excluding diaryl/α,β-unsaturated/α-hetero) is 1. The lowest BCUT2D eigenvalue weighted by atomic mass is 9.65. The summed E-state index contributed by atoms with van der Waals surface area (Å²) < 4.78 is 0.